The summed E-state index contributed by atoms with van der Waals surface area (Å²) in [6.45, 7) is 10.4. The van der Waals surface area contributed by atoms with Crippen molar-refractivity contribution in [2.75, 3.05) is 40.3 Å². The maximum absolute atomic E-state index is 12.0. The lowest BCUT2D eigenvalue weighted by Gasteiger charge is -2.25. The van der Waals surface area contributed by atoms with E-state index in [1.54, 1.807) is 23.3 Å². The SMILES string of the molecule is CCNC(=NCCN(C)C(=O)OC(C)(C)C)N(C)CCc1cccs1. The average molecular weight is 369 g/mol. The monoisotopic (exact) mass is 368 g/mol. The summed E-state index contributed by atoms with van der Waals surface area (Å²) in [4.78, 5) is 21.6. The normalized spacial score (nSPS) is 12.0. The van der Waals surface area contributed by atoms with E-state index in [1.165, 1.54) is 4.88 Å². The standard InChI is InChI=1S/C18H32N4O2S/c1-7-19-16(21(5)12-10-15-9-8-14-25-15)20-11-13-22(6)17(23)24-18(2,3)4/h8-9,14H,7,10-13H2,1-6H3,(H,19,20). The number of hydrogen-bond donors (Lipinski definition) is 1. The number of carbonyl (C=O) groups excluding carboxylic acids is 1. The number of aliphatic imine (C=N–C) groups is 1. The minimum absolute atomic E-state index is 0.321. The lowest BCUT2D eigenvalue weighted by Crippen LogP contribution is -2.41. The number of guanidine groups is 1. The fourth-order valence-corrected chi connectivity index (χ4v) is 2.74. The van der Waals surface area contributed by atoms with Crippen LogP contribution in [0, 0.1) is 0 Å². The number of hydrogen-bond acceptors (Lipinski definition) is 4. The summed E-state index contributed by atoms with van der Waals surface area (Å²) >= 11 is 1.77. The molecule has 0 atom stereocenters. The number of nitrogens with zero attached hydrogens (tertiary/aromatic N) is 3. The number of likely N-dealkylation sites (N-methyl/N-ethyl adjacent to an activating group) is 2. The molecule has 0 unspecified atom stereocenters. The molecule has 0 aliphatic heterocycles. The predicted molar refractivity (Wildman–Crippen MR) is 105 cm³/mol. The highest BCUT2D eigenvalue weighted by Gasteiger charge is 2.19. The van der Waals surface area contributed by atoms with Gasteiger partial charge in [0.1, 0.15) is 5.60 Å². The molecule has 0 aromatic carbocycles. The topological polar surface area (TPSA) is 57.2 Å². The zero-order chi connectivity index (χ0) is 18.9. The van der Waals surface area contributed by atoms with Gasteiger partial charge in [-0.3, -0.25) is 4.99 Å². The van der Waals surface area contributed by atoms with Gasteiger partial charge in [0, 0.05) is 38.6 Å². The number of ether oxygens (including phenoxy) is 1. The van der Waals surface area contributed by atoms with Crippen molar-refractivity contribution in [3.8, 4) is 0 Å². The Hall–Kier alpha value is -1.76. The molecule has 0 aliphatic rings. The van der Waals surface area contributed by atoms with Crippen molar-refractivity contribution < 1.29 is 9.53 Å². The highest BCUT2D eigenvalue weighted by molar-refractivity contribution is 7.09. The van der Waals surface area contributed by atoms with Crippen LogP contribution in [0.3, 0.4) is 0 Å². The summed E-state index contributed by atoms with van der Waals surface area (Å²) in [7, 11) is 3.77. The molecule has 0 saturated heterocycles. The molecule has 1 aromatic rings. The molecule has 6 nitrogen and oxygen atoms in total. The zero-order valence-electron chi connectivity index (χ0n) is 16.3. The third-order valence-corrected chi connectivity index (χ3v) is 4.31. The number of rotatable bonds is 7. The minimum Gasteiger partial charge on any atom is -0.444 e. The summed E-state index contributed by atoms with van der Waals surface area (Å²) in [5.74, 6) is 0.858. The maximum Gasteiger partial charge on any atom is 0.410 e. The van der Waals surface area contributed by atoms with Gasteiger partial charge in [-0.15, -0.1) is 11.3 Å². The first kappa shape index (κ1) is 21.3. The molecule has 0 spiro atoms. The van der Waals surface area contributed by atoms with Crippen molar-refractivity contribution >= 4 is 23.4 Å². The number of nitrogens with one attached hydrogen (secondary N) is 1. The summed E-state index contributed by atoms with van der Waals surface area (Å²) in [6, 6.07) is 4.23. The lowest BCUT2D eigenvalue weighted by molar-refractivity contribution is 0.0304. The molecule has 0 fully saturated rings. The van der Waals surface area contributed by atoms with Gasteiger partial charge < -0.3 is 19.9 Å². The lowest BCUT2D eigenvalue weighted by atomic mass is 10.2. The van der Waals surface area contributed by atoms with Crippen molar-refractivity contribution in [1.82, 2.24) is 15.1 Å². The van der Waals surface area contributed by atoms with Gasteiger partial charge in [0.15, 0.2) is 5.96 Å². The average Bonchev–Trinajstić information content (AvgIpc) is 3.03. The Labute approximate surface area is 155 Å². The number of amides is 1. The summed E-state index contributed by atoms with van der Waals surface area (Å²) in [6.07, 6.45) is 0.676. The molecular formula is C18H32N4O2S. The van der Waals surface area contributed by atoms with E-state index < -0.39 is 5.60 Å². The second-order valence-corrected chi connectivity index (χ2v) is 7.92. The smallest absolute Gasteiger partial charge is 0.410 e. The van der Waals surface area contributed by atoms with Crippen LogP contribution in [-0.2, 0) is 11.2 Å². The van der Waals surface area contributed by atoms with Crippen molar-refractivity contribution in [3.05, 3.63) is 22.4 Å². The zero-order valence-corrected chi connectivity index (χ0v) is 17.2. The van der Waals surface area contributed by atoms with E-state index in [0.29, 0.717) is 13.1 Å². The molecule has 0 bridgehead atoms. The van der Waals surface area contributed by atoms with Crippen LogP contribution < -0.4 is 5.32 Å². The van der Waals surface area contributed by atoms with Gasteiger partial charge in [-0.05, 0) is 45.6 Å². The second-order valence-electron chi connectivity index (χ2n) is 6.89. The van der Waals surface area contributed by atoms with Crippen LogP contribution in [0.2, 0.25) is 0 Å². The molecule has 0 radical (unpaired) electrons. The van der Waals surface area contributed by atoms with Crippen LogP contribution in [0.1, 0.15) is 32.6 Å². The molecular weight excluding hydrogens is 336 g/mol. The molecule has 1 amide bonds. The predicted octanol–water partition coefficient (Wildman–Crippen LogP) is 3.05. The Kier molecular flexibility index (Phi) is 8.75. The van der Waals surface area contributed by atoms with Crippen LogP contribution in [0.15, 0.2) is 22.5 Å². The van der Waals surface area contributed by atoms with Crippen LogP contribution in [0.25, 0.3) is 0 Å². The van der Waals surface area contributed by atoms with Gasteiger partial charge in [-0.25, -0.2) is 4.79 Å². The van der Waals surface area contributed by atoms with Gasteiger partial charge in [0.25, 0.3) is 0 Å². The van der Waals surface area contributed by atoms with E-state index in [2.05, 4.69) is 39.6 Å². The molecule has 25 heavy (non-hydrogen) atoms. The number of thiophene rings is 1. The van der Waals surface area contributed by atoms with Crippen LogP contribution in [-0.4, -0.2) is 67.7 Å². The van der Waals surface area contributed by atoms with E-state index in [0.717, 1.165) is 25.5 Å². The highest BCUT2D eigenvalue weighted by Crippen LogP contribution is 2.10. The summed E-state index contributed by atoms with van der Waals surface area (Å²) < 4.78 is 5.35. The Morgan fingerprint density at radius 3 is 2.56 bits per heavy atom. The quantitative estimate of drug-likeness (QED) is 0.594. The van der Waals surface area contributed by atoms with E-state index >= 15 is 0 Å². The second kappa shape index (κ2) is 10.3. The maximum atomic E-state index is 12.0. The third kappa shape index (κ3) is 8.77. The van der Waals surface area contributed by atoms with Crippen LogP contribution in [0.4, 0.5) is 4.79 Å². The van der Waals surface area contributed by atoms with E-state index in [9.17, 15) is 4.79 Å². The van der Waals surface area contributed by atoms with E-state index in [-0.39, 0.29) is 6.09 Å². The van der Waals surface area contributed by atoms with Gasteiger partial charge in [0.2, 0.25) is 0 Å². The molecule has 7 heteroatoms. The van der Waals surface area contributed by atoms with Crippen molar-refractivity contribution in [2.45, 2.75) is 39.7 Å². The molecule has 1 aromatic heterocycles. The van der Waals surface area contributed by atoms with Gasteiger partial charge >= 0.3 is 6.09 Å². The van der Waals surface area contributed by atoms with Crippen molar-refractivity contribution in [2.24, 2.45) is 4.99 Å². The van der Waals surface area contributed by atoms with Crippen LogP contribution in [0.5, 0.6) is 0 Å². The minimum atomic E-state index is -0.481. The molecule has 1 heterocycles. The Morgan fingerprint density at radius 2 is 2.00 bits per heavy atom. The van der Waals surface area contributed by atoms with Gasteiger partial charge in [-0.2, -0.15) is 0 Å². The fourth-order valence-electron chi connectivity index (χ4n) is 2.05. The number of carbonyl (C=O) groups is 1. The molecule has 0 aliphatic carbocycles. The Bertz CT molecular complexity index is 538. The molecule has 0 saturated carbocycles. The Balaban J connectivity index is 2.49. The highest BCUT2D eigenvalue weighted by atomic mass is 32.1. The van der Waals surface area contributed by atoms with Crippen LogP contribution >= 0.6 is 11.3 Å². The molecule has 142 valence electrons. The van der Waals surface area contributed by atoms with Gasteiger partial charge in [0.05, 0.1) is 6.54 Å². The van der Waals surface area contributed by atoms with Crippen molar-refractivity contribution in [1.29, 1.82) is 0 Å². The largest absolute Gasteiger partial charge is 0.444 e. The summed E-state index contributed by atoms with van der Waals surface area (Å²) in [5.41, 5.74) is -0.481. The Morgan fingerprint density at radius 1 is 1.28 bits per heavy atom. The fraction of sp³-hybridized carbons (Fsp3) is 0.667. The first-order valence-electron chi connectivity index (χ1n) is 8.69. The molecule has 1 rings (SSSR count). The summed E-state index contributed by atoms with van der Waals surface area (Å²) in [5, 5.41) is 5.40. The van der Waals surface area contributed by atoms with Crippen molar-refractivity contribution in [3.63, 3.8) is 0 Å². The third-order valence-electron chi connectivity index (χ3n) is 3.37. The van der Waals surface area contributed by atoms with E-state index in [1.807, 2.05) is 27.8 Å². The molecule has 1 N–H and O–H groups in total. The van der Waals surface area contributed by atoms with Gasteiger partial charge in [-0.1, -0.05) is 6.07 Å². The first-order valence-corrected chi connectivity index (χ1v) is 9.57. The first-order chi connectivity index (χ1) is 11.7. The van der Waals surface area contributed by atoms with E-state index in [4.69, 9.17) is 4.74 Å².